The van der Waals surface area contributed by atoms with Crippen molar-refractivity contribution in [2.45, 2.75) is 45.7 Å². The van der Waals surface area contributed by atoms with E-state index >= 15 is 0 Å². The van der Waals surface area contributed by atoms with E-state index in [4.69, 9.17) is 11.5 Å². The van der Waals surface area contributed by atoms with Crippen molar-refractivity contribution in [3.63, 3.8) is 0 Å². The van der Waals surface area contributed by atoms with Crippen LogP contribution in [0.25, 0.3) is 0 Å². The molecule has 2 atom stereocenters. The van der Waals surface area contributed by atoms with Gasteiger partial charge in [-0.2, -0.15) is 5.10 Å². The van der Waals surface area contributed by atoms with Crippen LogP contribution in [0.4, 0.5) is 5.69 Å². The summed E-state index contributed by atoms with van der Waals surface area (Å²) in [6, 6.07) is -0.446. The van der Waals surface area contributed by atoms with E-state index < -0.39 is 11.9 Å². The van der Waals surface area contributed by atoms with Crippen molar-refractivity contribution in [2.75, 3.05) is 5.73 Å². The predicted molar refractivity (Wildman–Crippen MR) is 72.4 cm³/mol. The van der Waals surface area contributed by atoms with Crippen LogP contribution in [-0.4, -0.2) is 27.6 Å². The van der Waals surface area contributed by atoms with Crippen molar-refractivity contribution in [1.29, 1.82) is 0 Å². The number of hydrogen-bond acceptors (Lipinski definition) is 4. The number of hydrogen-bond donors (Lipinski definition) is 3. The molecule has 7 nitrogen and oxygen atoms in total. The van der Waals surface area contributed by atoms with Gasteiger partial charge in [0.15, 0.2) is 5.69 Å². The molecule has 0 fully saturated rings. The molecule has 7 heteroatoms. The van der Waals surface area contributed by atoms with E-state index in [1.807, 2.05) is 6.92 Å². The number of nitrogens with one attached hydrogen (secondary N) is 1. The van der Waals surface area contributed by atoms with Gasteiger partial charge in [-0.25, -0.2) is 0 Å². The number of carbonyl (C=O) groups is 2. The van der Waals surface area contributed by atoms with E-state index in [0.29, 0.717) is 0 Å². The highest BCUT2D eigenvalue weighted by molar-refractivity contribution is 5.95. The lowest BCUT2D eigenvalue weighted by Gasteiger charge is -2.17. The van der Waals surface area contributed by atoms with Crippen molar-refractivity contribution in [2.24, 2.45) is 5.73 Å². The van der Waals surface area contributed by atoms with Crippen molar-refractivity contribution >= 4 is 17.5 Å². The zero-order valence-electron chi connectivity index (χ0n) is 11.5. The SMILES string of the molecule is CCCC(C)NC(=O)C(C)n1cc(N)c(C(N)=O)n1. The Balaban J connectivity index is 2.77. The Hall–Kier alpha value is -2.05. The van der Waals surface area contributed by atoms with Gasteiger partial charge in [0.05, 0.1) is 5.69 Å². The summed E-state index contributed by atoms with van der Waals surface area (Å²) < 4.78 is 1.35. The molecular formula is C12H21N5O2. The summed E-state index contributed by atoms with van der Waals surface area (Å²) in [4.78, 5) is 23.0. The molecule has 0 aliphatic heterocycles. The molecule has 0 saturated heterocycles. The Kier molecular flexibility index (Phi) is 4.91. The van der Waals surface area contributed by atoms with Crippen molar-refractivity contribution in [3.8, 4) is 0 Å². The molecule has 2 unspecified atom stereocenters. The molecule has 1 rings (SSSR count). The molecule has 0 aliphatic carbocycles. The van der Waals surface area contributed by atoms with E-state index in [1.54, 1.807) is 6.92 Å². The fourth-order valence-corrected chi connectivity index (χ4v) is 1.78. The van der Waals surface area contributed by atoms with Crippen LogP contribution >= 0.6 is 0 Å². The Morgan fingerprint density at radius 2 is 2.11 bits per heavy atom. The van der Waals surface area contributed by atoms with Gasteiger partial charge < -0.3 is 16.8 Å². The molecule has 0 spiro atoms. The van der Waals surface area contributed by atoms with Crippen LogP contribution in [0.1, 0.15) is 50.1 Å². The summed E-state index contributed by atoms with van der Waals surface area (Å²) in [7, 11) is 0. The first-order chi connectivity index (χ1) is 8.86. The van der Waals surface area contributed by atoms with Gasteiger partial charge in [-0.05, 0) is 20.3 Å². The highest BCUT2D eigenvalue weighted by atomic mass is 16.2. The molecule has 0 saturated carbocycles. The Morgan fingerprint density at radius 3 is 2.58 bits per heavy atom. The van der Waals surface area contributed by atoms with Gasteiger partial charge in [0.25, 0.3) is 5.91 Å². The first kappa shape index (κ1) is 15.0. The Bertz CT molecular complexity index is 469. The van der Waals surface area contributed by atoms with Crippen LogP contribution in [0, 0.1) is 0 Å². The van der Waals surface area contributed by atoms with Crippen molar-refractivity contribution in [3.05, 3.63) is 11.9 Å². The number of carbonyl (C=O) groups excluding carboxylic acids is 2. The predicted octanol–water partition coefficient (Wildman–Crippen LogP) is 0.430. The van der Waals surface area contributed by atoms with Crippen molar-refractivity contribution < 1.29 is 9.59 Å². The number of amides is 2. The molecule has 106 valence electrons. The molecule has 0 aromatic carbocycles. The van der Waals surface area contributed by atoms with Crippen LogP contribution in [0.2, 0.25) is 0 Å². The first-order valence-electron chi connectivity index (χ1n) is 6.31. The molecule has 1 aromatic heterocycles. The number of rotatable bonds is 6. The third-order valence-corrected chi connectivity index (χ3v) is 2.88. The maximum Gasteiger partial charge on any atom is 0.271 e. The fraction of sp³-hybridized carbons (Fsp3) is 0.583. The molecule has 19 heavy (non-hydrogen) atoms. The van der Waals surface area contributed by atoms with E-state index in [9.17, 15) is 9.59 Å². The van der Waals surface area contributed by atoms with Crippen molar-refractivity contribution in [1.82, 2.24) is 15.1 Å². The quantitative estimate of drug-likeness (QED) is 0.693. The minimum atomic E-state index is -0.705. The second kappa shape index (κ2) is 6.21. The third-order valence-electron chi connectivity index (χ3n) is 2.88. The summed E-state index contributed by atoms with van der Waals surface area (Å²) in [6.07, 6.45) is 3.34. The zero-order valence-corrected chi connectivity index (χ0v) is 11.5. The molecule has 1 aromatic rings. The monoisotopic (exact) mass is 267 g/mol. The number of anilines is 1. The fourth-order valence-electron chi connectivity index (χ4n) is 1.78. The number of aromatic nitrogens is 2. The highest BCUT2D eigenvalue weighted by Crippen LogP contribution is 2.13. The van der Waals surface area contributed by atoms with E-state index in [1.165, 1.54) is 10.9 Å². The minimum Gasteiger partial charge on any atom is -0.396 e. The van der Waals surface area contributed by atoms with E-state index in [2.05, 4.69) is 17.3 Å². The summed E-state index contributed by atoms with van der Waals surface area (Å²) >= 11 is 0. The van der Waals surface area contributed by atoms with E-state index in [-0.39, 0.29) is 23.3 Å². The maximum absolute atomic E-state index is 12.0. The number of nitrogens with zero attached hydrogens (tertiary/aromatic N) is 2. The summed E-state index contributed by atoms with van der Waals surface area (Å²) in [5, 5.41) is 6.82. The van der Waals surface area contributed by atoms with Crippen LogP contribution in [0.5, 0.6) is 0 Å². The first-order valence-corrected chi connectivity index (χ1v) is 6.31. The lowest BCUT2D eigenvalue weighted by molar-refractivity contribution is -0.124. The number of nitrogen functional groups attached to an aromatic ring is 1. The van der Waals surface area contributed by atoms with Gasteiger partial charge in [0.2, 0.25) is 5.91 Å². The van der Waals surface area contributed by atoms with Gasteiger partial charge in [-0.15, -0.1) is 0 Å². The summed E-state index contributed by atoms with van der Waals surface area (Å²) in [5.41, 5.74) is 10.9. The molecule has 5 N–H and O–H groups in total. The molecule has 1 heterocycles. The van der Waals surface area contributed by atoms with Gasteiger partial charge in [0.1, 0.15) is 6.04 Å². The van der Waals surface area contributed by atoms with Gasteiger partial charge in [-0.3, -0.25) is 14.3 Å². The van der Waals surface area contributed by atoms with Gasteiger partial charge in [-0.1, -0.05) is 13.3 Å². The van der Waals surface area contributed by atoms with Crippen LogP contribution in [-0.2, 0) is 4.79 Å². The highest BCUT2D eigenvalue weighted by Gasteiger charge is 2.20. The molecule has 2 amide bonds. The van der Waals surface area contributed by atoms with Gasteiger partial charge >= 0.3 is 0 Å². The van der Waals surface area contributed by atoms with Crippen LogP contribution < -0.4 is 16.8 Å². The normalized spacial score (nSPS) is 13.8. The molecule has 0 bridgehead atoms. The minimum absolute atomic E-state index is 0.0127. The smallest absolute Gasteiger partial charge is 0.271 e. The summed E-state index contributed by atoms with van der Waals surface area (Å²) in [5.74, 6) is -0.873. The average Bonchev–Trinajstić information content (AvgIpc) is 2.70. The second-order valence-corrected chi connectivity index (χ2v) is 4.65. The third kappa shape index (κ3) is 3.70. The standard InChI is InChI=1S/C12H21N5O2/c1-4-5-7(2)15-12(19)8(3)17-6-9(13)10(16-17)11(14)18/h6-8H,4-5,13H2,1-3H3,(H2,14,18)(H,15,19). The van der Waals surface area contributed by atoms with Crippen LogP contribution in [0.15, 0.2) is 6.20 Å². The van der Waals surface area contributed by atoms with E-state index in [0.717, 1.165) is 12.8 Å². The van der Waals surface area contributed by atoms with Gasteiger partial charge in [0, 0.05) is 12.2 Å². The summed E-state index contributed by atoms with van der Waals surface area (Å²) in [6.45, 7) is 5.69. The largest absolute Gasteiger partial charge is 0.396 e. The Labute approximate surface area is 112 Å². The second-order valence-electron chi connectivity index (χ2n) is 4.65. The maximum atomic E-state index is 12.0. The molecule has 0 radical (unpaired) electrons. The zero-order chi connectivity index (χ0) is 14.6. The topological polar surface area (TPSA) is 116 Å². The number of nitrogens with two attached hydrogens (primary N) is 2. The molecule has 0 aliphatic rings. The molecular weight excluding hydrogens is 246 g/mol. The number of primary amides is 1. The lowest BCUT2D eigenvalue weighted by atomic mass is 10.2. The average molecular weight is 267 g/mol. The Morgan fingerprint density at radius 1 is 1.47 bits per heavy atom. The lowest BCUT2D eigenvalue weighted by Crippen LogP contribution is -2.37. The van der Waals surface area contributed by atoms with Crippen LogP contribution in [0.3, 0.4) is 0 Å².